The molecule has 3 unspecified atom stereocenters. The highest BCUT2D eigenvalue weighted by atomic mass is 14.5. The second-order valence-corrected chi connectivity index (χ2v) is 7.25. The van der Waals surface area contributed by atoms with E-state index in [0.29, 0.717) is 5.92 Å². The molecule has 0 amide bonds. The van der Waals surface area contributed by atoms with Crippen molar-refractivity contribution in [1.82, 2.24) is 0 Å². The van der Waals surface area contributed by atoms with Crippen molar-refractivity contribution in [3.63, 3.8) is 0 Å². The van der Waals surface area contributed by atoms with Crippen LogP contribution >= 0.6 is 0 Å². The van der Waals surface area contributed by atoms with Gasteiger partial charge in [-0.3, -0.25) is 0 Å². The van der Waals surface area contributed by atoms with Crippen molar-refractivity contribution in [2.45, 2.75) is 52.4 Å². The van der Waals surface area contributed by atoms with Crippen LogP contribution in [0.4, 0.5) is 0 Å². The summed E-state index contributed by atoms with van der Waals surface area (Å²) in [6.45, 7) is 9.72. The highest BCUT2D eigenvalue weighted by Crippen LogP contribution is 2.55. The normalized spacial score (nSPS) is 33.5. The van der Waals surface area contributed by atoms with Crippen molar-refractivity contribution < 1.29 is 0 Å². The summed E-state index contributed by atoms with van der Waals surface area (Å²) in [5.74, 6) is 0.593. The summed E-state index contributed by atoms with van der Waals surface area (Å²) in [4.78, 5) is 0. The predicted octanol–water partition coefficient (Wildman–Crippen LogP) is 6.30. The second-order valence-electron chi connectivity index (χ2n) is 7.25. The molecule has 0 nitrogen and oxygen atoms in total. The summed E-state index contributed by atoms with van der Waals surface area (Å²) >= 11 is 0. The summed E-state index contributed by atoms with van der Waals surface area (Å²) in [5.41, 5.74) is 4.80. The molecule has 0 fully saturated rings. The molecule has 116 valence electrons. The molecule has 0 saturated carbocycles. The first-order valence-electron chi connectivity index (χ1n) is 8.71. The molecule has 2 aliphatic carbocycles. The smallest absolute Gasteiger partial charge is 0.00124 e. The zero-order valence-corrected chi connectivity index (χ0v) is 14.4. The van der Waals surface area contributed by atoms with E-state index in [1.54, 1.807) is 0 Å². The molecule has 3 atom stereocenters. The van der Waals surface area contributed by atoms with Crippen LogP contribution in [0.3, 0.4) is 0 Å². The van der Waals surface area contributed by atoms with Crippen LogP contribution < -0.4 is 0 Å². The Morgan fingerprint density at radius 3 is 2.55 bits per heavy atom. The van der Waals surface area contributed by atoms with Crippen molar-refractivity contribution in [1.29, 1.82) is 0 Å². The Balaban J connectivity index is 2.36. The van der Waals surface area contributed by atoms with E-state index in [2.05, 4.69) is 82.3 Å². The van der Waals surface area contributed by atoms with Crippen LogP contribution in [0.15, 0.2) is 54.6 Å². The number of hydrogen-bond acceptors (Lipinski definition) is 0. The lowest BCUT2D eigenvalue weighted by atomic mass is 9.52. The van der Waals surface area contributed by atoms with Crippen LogP contribution in [0.2, 0.25) is 0 Å². The number of allylic oxidation sites excluding steroid dienone is 6. The zero-order valence-electron chi connectivity index (χ0n) is 14.4. The van der Waals surface area contributed by atoms with E-state index in [1.165, 1.54) is 29.5 Å². The van der Waals surface area contributed by atoms with Gasteiger partial charge in [-0.2, -0.15) is 0 Å². The summed E-state index contributed by atoms with van der Waals surface area (Å²) < 4.78 is 0. The molecule has 0 heteroatoms. The van der Waals surface area contributed by atoms with Crippen LogP contribution in [0.1, 0.15) is 58.1 Å². The van der Waals surface area contributed by atoms with Crippen LogP contribution in [-0.2, 0) is 5.41 Å². The Kier molecular flexibility index (Phi) is 3.89. The molecule has 0 radical (unpaired) electrons. The molecule has 1 aromatic carbocycles. The summed E-state index contributed by atoms with van der Waals surface area (Å²) in [6, 6.07) is 9.06. The van der Waals surface area contributed by atoms with E-state index in [1.807, 2.05) is 0 Å². The van der Waals surface area contributed by atoms with Crippen LogP contribution in [0.5, 0.6) is 0 Å². The second kappa shape index (κ2) is 5.57. The van der Waals surface area contributed by atoms with Gasteiger partial charge in [0.1, 0.15) is 0 Å². The van der Waals surface area contributed by atoms with Crippen molar-refractivity contribution >= 4 is 5.57 Å². The molecule has 0 aliphatic heterocycles. The summed E-state index contributed by atoms with van der Waals surface area (Å²) in [5, 5.41) is 0. The van der Waals surface area contributed by atoms with Gasteiger partial charge in [0.25, 0.3) is 0 Å². The minimum atomic E-state index is 0.192. The molecule has 1 aromatic rings. The first kappa shape index (κ1) is 15.3. The summed E-state index contributed by atoms with van der Waals surface area (Å²) in [7, 11) is 0. The average Bonchev–Trinajstić information content (AvgIpc) is 2.53. The number of rotatable bonds is 2. The summed E-state index contributed by atoms with van der Waals surface area (Å²) in [6.07, 6.45) is 15.2. The lowest BCUT2D eigenvalue weighted by Crippen LogP contribution is -2.46. The molecule has 3 rings (SSSR count). The molecular weight excluding hydrogens is 264 g/mol. The SMILES string of the molecule is CCC1(C)c2ccccc2C2=CCC(C=CC=C2)C1(C)CC. The third-order valence-electron chi connectivity index (χ3n) is 6.67. The van der Waals surface area contributed by atoms with Gasteiger partial charge in [-0.15, -0.1) is 0 Å². The Bertz CT molecular complexity index is 646. The molecular formula is C22H28. The van der Waals surface area contributed by atoms with Crippen molar-refractivity contribution in [3.05, 3.63) is 65.8 Å². The standard InChI is InChI=1S/C22H28/c1-5-21(3)18-12-8-7-11-17(15-16-18)19-13-9-10-14-20(19)22(21,4)6-2/h7-15,18H,5-6,16H2,1-4H3. The molecule has 0 spiro atoms. The van der Waals surface area contributed by atoms with Crippen molar-refractivity contribution in [3.8, 4) is 0 Å². The van der Waals surface area contributed by atoms with E-state index in [-0.39, 0.29) is 10.8 Å². The number of fused-ring (bicyclic) bond motifs is 4. The van der Waals surface area contributed by atoms with Gasteiger partial charge in [0.2, 0.25) is 0 Å². The predicted molar refractivity (Wildman–Crippen MR) is 96.8 cm³/mol. The van der Waals surface area contributed by atoms with E-state index in [4.69, 9.17) is 0 Å². The first-order valence-corrected chi connectivity index (χ1v) is 8.71. The number of benzene rings is 1. The fourth-order valence-corrected chi connectivity index (χ4v) is 4.61. The van der Waals surface area contributed by atoms with E-state index in [9.17, 15) is 0 Å². The monoisotopic (exact) mass is 292 g/mol. The lowest BCUT2D eigenvalue weighted by molar-refractivity contribution is 0.0834. The Hall–Kier alpha value is -1.56. The van der Waals surface area contributed by atoms with E-state index >= 15 is 0 Å². The molecule has 0 saturated heterocycles. The third kappa shape index (κ3) is 2.04. The molecule has 2 bridgehead atoms. The van der Waals surface area contributed by atoms with Crippen LogP contribution in [0, 0.1) is 11.3 Å². The minimum Gasteiger partial charge on any atom is -0.0805 e. The molecule has 0 N–H and O–H groups in total. The first-order chi connectivity index (χ1) is 10.6. The largest absolute Gasteiger partial charge is 0.0805 e. The zero-order chi connectivity index (χ0) is 15.8. The van der Waals surface area contributed by atoms with Gasteiger partial charge >= 0.3 is 0 Å². The van der Waals surface area contributed by atoms with Gasteiger partial charge in [0.05, 0.1) is 0 Å². The fourth-order valence-electron chi connectivity index (χ4n) is 4.61. The highest BCUT2D eigenvalue weighted by molar-refractivity contribution is 5.78. The molecule has 0 heterocycles. The van der Waals surface area contributed by atoms with Gasteiger partial charge in [-0.25, -0.2) is 0 Å². The Labute approximate surface area is 135 Å². The van der Waals surface area contributed by atoms with Gasteiger partial charge in [0.15, 0.2) is 0 Å². The molecule has 0 aromatic heterocycles. The maximum absolute atomic E-state index is 2.51. The van der Waals surface area contributed by atoms with Crippen LogP contribution in [-0.4, -0.2) is 0 Å². The van der Waals surface area contributed by atoms with Crippen molar-refractivity contribution in [2.24, 2.45) is 11.3 Å². The minimum absolute atomic E-state index is 0.192. The van der Waals surface area contributed by atoms with Crippen molar-refractivity contribution in [2.75, 3.05) is 0 Å². The van der Waals surface area contributed by atoms with E-state index < -0.39 is 0 Å². The van der Waals surface area contributed by atoms with Gasteiger partial charge < -0.3 is 0 Å². The third-order valence-corrected chi connectivity index (χ3v) is 6.67. The van der Waals surface area contributed by atoms with Gasteiger partial charge in [0, 0.05) is 0 Å². The maximum atomic E-state index is 2.51. The quantitative estimate of drug-likeness (QED) is 0.600. The van der Waals surface area contributed by atoms with E-state index in [0.717, 1.165) is 6.42 Å². The Morgan fingerprint density at radius 1 is 1.05 bits per heavy atom. The molecule has 2 aliphatic rings. The van der Waals surface area contributed by atoms with Gasteiger partial charge in [-0.1, -0.05) is 82.3 Å². The molecule has 22 heavy (non-hydrogen) atoms. The lowest BCUT2D eigenvalue weighted by Gasteiger charge is -2.52. The number of hydrogen-bond donors (Lipinski definition) is 0. The topological polar surface area (TPSA) is 0 Å². The maximum Gasteiger partial charge on any atom is -0.00124 e. The Morgan fingerprint density at radius 2 is 1.82 bits per heavy atom. The fraction of sp³-hybridized carbons (Fsp3) is 0.455. The highest BCUT2D eigenvalue weighted by Gasteiger charge is 2.48. The van der Waals surface area contributed by atoms with Crippen LogP contribution in [0.25, 0.3) is 5.57 Å². The average molecular weight is 292 g/mol. The van der Waals surface area contributed by atoms with Gasteiger partial charge in [-0.05, 0) is 52.7 Å².